The third-order valence-electron chi connectivity index (χ3n) is 3.43. The molecule has 0 N–H and O–H groups in total. The van der Waals surface area contributed by atoms with Crippen LogP contribution in [0.4, 0.5) is 0 Å². The Morgan fingerprint density at radius 2 is 1.52 bits per heavy atom. The van der Waals surface area contributed by atoms with Gasteiger partial charge in [-0.25, -0.2) is 0 Å². The van der Waals surface area contributed by atoms with Gasteiger partial charge in [0.15, 0.2) is 5.78 Å². The van der Waals surface area contributed by atoms with E-state index in [1.54, 1.807) is 0 Å². The smallest absolute Gasteiger partial charge is 0.189 e. The fourth-order valence-electron chi connectivity index (χ4n) is 2.38. The SMILES string of the molecule is O=C(COCc1ccccc1)c1cccc2ccccc12. The first-order valence-electron chi connectivity index (χ1n) is 6.97. The van der Waals surface area contributed by atoms with Crippen LogP contribution in [-0.4, -0.2) is 12.4 Å². The fourth-order valence-corrected chi connectivity index (χ4v) is 2.38. The number of rotatable bonds is 5. The molecule has 3 aromatic rings. The lowest BCUT2D eigenvalue weighted by Crippen LogP contribution is -2.09. The molecule has 0 saturated carbocycles. The van der Waals surface area contributed by atoms with Gasteiger partial charge in [0.1, 0.15) is 6.61 Å². The Labute approximate surface area is 124 Å². The van der Waals surface area contributed by atoms with E-state index < -0.39 is 0 Å². The second-order valence-electron chi connectivity index (χ2n) is 4.93. The molecule has 0 atom stereocenters. The minimum absolute atomic E-state index is 0.0164. The van der Waals surface area contributed by atoms with Gasteiger partial charge in [-0.2, -0.15) is 0 Å². The van der Waals surface area contributed by atoms with E-state index in [2.05, 4.69) is 0 Å². The summed E-state index contributed by atoms with van der Waals surface area (Å²) in [6.07, 6.45) is 0. The maximum atomic E-state index is 12.3. The summed E-state index contributed by atoms with van der Waals surface area (Å²) < 4.78 is 5.54. The summed E-state index contributed by atoms with van der Waals surface area (Å²) in [6.45, 7) is 0.556. The van der Waals surface area contributed by atoms with Gasteiger partial charge < -0.3 is 4.74 Å². The van der Waals surface area contributed by atoms with Gasteiger partial charge >= 0.3 is 0 Å². The number of benzene rings is 3. The number of carbonyl (C=O) groups excluding carboxylic acids is 1. The third kappa shape index (κ3) is 3.18. The predicted octanol–water partition coefficient (Wildman–Crippen LogP) is 4.24. The first-order chi connectivity index (χ1) is 10.3. The zero-order chi connectivity index (χ0) is 14.5. The third-order valence-corrected chi connectivity index (χ3v) is 3.43. The Balaban J connectivity index is 1.70. The van der Waals surface area contributed by atoms with Crippen LogP contribution in [0.1, 0.15) is 15.9 Å². The Morgan fingerprint density at radius 3 is 2.38 bits per heavy atom. The van der Waals surface area contributed by atoms with Gasteiger partial charge in [0.2, 0.25) is 0 Å². The highest BCUT2D eigenvalue weighted by Crippen LogP contribution is 2.19. The van der Waals surface area contributed by atoms with Crippen molar-refractivity contribution in [3.8, 4) is 0 Å². The van der Waals surface area contributed by atoms with Crippen LogP contribution < -0.4 is 0 Å². The van der Waals surface area contributed by atoms with E-state index in [1.807, 2.05) is 72.8 Å². The molecule has 0 amide bonds. The van der Waals surface area contributed by atoms with Gasteiger partial charge in [-0.05, 0) is 16.3 Å². The zero-order valence-corrected chi connectivity index (χ0v) is 11.7. The van der Waals surface area contributed by atoms with E-state index in [-0.39, 0.29) is 12.4 Å². The molecule has 0 aliphatic carbocycles. The highest BCUT2D eigenvalue weighted by atomic mass is 16.5. The highest BCUT2D eigenvalue weighted by molar-refractivity contribution is 6.08. The minimum atomic E-state index is 0.0164. The van der Waals surface area contributed by atoms with Crippen molar-refractivity contribution in [1.29, 1.82) is 0 Å². The Morgan fingerprint density at radius 1 is 0.810 bits per heavy atom. The van der Waals surface area contributed by atoms with Crippen molar-refractivity contribution in [3.63, 3.8) is 0 Å². The molecule has 3 rings (SSSR count). The molecule has 0 saturated heterocycles. The van der Waals surface area contributed by atoms with Crippen molar-refractivity contribution in [2.45, 2.75) is 6.61 Å². The monoisotopic (exact) mass is 276 g/mol. The molecular formula is C19H16O2. The number of ketones is 1. The Kier molecular flexibility index (Phi) is 4.08. The molecule has 104 valence electrons. The molecule has 21 heavy (non-hydrogen) atoms. The van der Waals surface area contributed by atoms with Crippen LogP contribution in [0.5, 0.6) is 0 Å². The van der Waals surface area contributed by atoms with Gasteiger partial charge in [0, 0.05) is 5.56 Å². The molecule has 0 unspecified atom stereocenters. The van der Waals surface area contributed by atoms with E-state index >= 15 is 0 Å². The summed E-state index contributed by atoms with van der Waals surface area (Å²) in [6, 6.07) is 23.6. The molecule has 0 aliphatic heterocycles. The summed E-state index contributed by atoms with van der Waals surface area (Å²) in [5.41, 5.74) is 1.80. The predicted molar refractivity (Wildman–Crippen MR) is 84.4 cm³/mol. The quantitative estimate of drug-likeness (QED) is 0.651. The first kappa shape index (κ1) is 13.5. The molecule has 3 aromatic carbocycles. The lowest BCUT2D eigenvalue weighted by atomic mass is 10.0. The van der Waals surface area contributed by atoms with E-state index in [9.17, 15) is 4.79 Å². The van der Waals surface area contributed by atoms with Gasteiger partial charge in [-0.3, -0.25) is 4.79 Å². The molecule has 0 bridgehead atoms. The summed E-state index contributed by atoms with van der Waals surface area (Å²) >= 11 is 0. The molecule has 0 aromatic heterocycles. The summed E-state index contributed by atoms with van der Waals surface area (Å²) in [7, 11) is 0. The number of carbonyl (C=O) groups is 1. The van der Waals surface area contributed by atoms with Crippen molar-refractivity contribution < 1.29 is 9.53 Å². The lowest BCUT2D eigenvalue weighted by Gasteiger charge is -2.07. The summed E-state index contributed by atoms with van der Waals surface area (Å²) in [4.78, 5) is 12.3. The van der Waals surface area contributed by atoms with E-state index in [1.165, 1.54) is 0 Å². The fraction of sp³-hybridized carbons (Fsp3) is 0.105. The van der Waals surface area contributed by atoms with Gasteiger partial charge in [0.25, 0.3) is 0 Å². The van der Waals surface area contributed by atoms with E-state index in [0.717, 1.165) is 21.9 Å². The normalized spacial score (nSPS) is 10.7. The number of ether oxygens (including phenoxy) is 1. The van der Waals surface area contributed by atoms with Crippen molar-refractivity contribution >= 4 is 16.6 Å². The Bertz CT molecular complexity index is 742. The van der Waals surface area contributed by atoms with Crippen LogP contribution in [0.25, 0.3) is 10.8 Å². The lowest BCUT2D eigenvalue weighted by molar-refractivity contribution is 0.0728. The summed E-state index contributed by atoms with van der Waals surface area (Å²) in [5, 5.41) is 2.06. The number of fused-ring (bicyclic) bond motifs is 1. The number of hydrogen-bond donors (Lipinski definition) is 0. The largest absolute Gasteiger partial charge is 0.369 e. The van der Waals surface area contributed by atoms with Crippen LogP contribution >= 0.6 is 0 Å². The first-order valence-corrected chi connectivity index (χ1v) is 6.97. The van der Waals surface area contributed by atoms with Gasteiger partial charge in [0.05, 0.1) is 6.61 Å². The highest BCUT2D eigenvalue weighted by Gasteiger charge is 2.09. The zero-order valence-electron chi connectivity index (χ0n) is 11.7. The van der Waals surface area contributed by atoms with Gasteiger partial charge in [-0.15, -0.1) is 0 Å². The van der Waals surface area contributed by atoms with Crippen molar-refractivity contribution in [2.75, 3.05) is 6.61 Å². The molecule has 0 radical (unpaired) electrons. The summed E-state index contributed by atoms with van der Waals surface area (Å²) in [5.74, 6) is 0.0164. The standard InChI is InChI=1S/C19H16O2/c20-19(14-21-13-15-7-2-1-3-8-15)18-12-6-10-16-9-4-5-11-17(16)18/h1-12H,13-14H2. The van der Waals surface area contributed by atoms with Crippen LogP contribution in [0.3, 0.4) is 0 Å². The van der Waals surface area contributed by atoms with Gasteiger partial charge in [-0.1, -0.05) is 72.8 Å². The van der Waals surface area contributed by atoms with Crippen LogP contribution in [0, 0.1) is 0 Å². The minimum Gasteiger partial charge on any atom is -0.369 e. The average Bonchev–Trinajstić information content (AvgIpc) is 2.55. The molecule has 2 heteroatoms. The topological polar surface area (TPSA) is 26.3 Å². The van der Waals surface area contributed by atoms with Crippen LogP contribution in [-0.2, 0) is 11.3 Å². The maximum absolute atomic E-state index is 12.3. The van der Waals surface area contributed by atoms with Crippen molar-refractivity contribution in [1.82, 2.24) is 0 Å². The van der Waals surface area contributed by atoms with Crippen LogP contribution in [0.2, 0.25) is 0 Å². The molecule has 2 nitrogen and oxygen atoms in total. The molecule has 0 spiro atoms. The van der Waals surface area contributed by atoms with Crippen LogP contribution in [0.15, 0.2) is 72.8 Å². The maximum Gasteiger partial charge on any atom is 0.189 e. The number of Topliss-reactive ketones (excluding diaryl/α,β-unsaturated/α-hetero) is 1. The average molecular weight is 276 g/mol. The van der Waals surface area contributed by atoms with E-state index in [0.29, 0.717) is 6.61 Å². The van der Waals surface area contributed by atoms with E-state index in [4.69, 9.17) is 4.74 Å². The Hall–Kier alpha value is -2.45. The molecule has 0 heterocycles. The number of hydrogen-bond acceptors (Lipinski definition) is 2. The molecular weight excluding hydrogens is 260 g/mol. The van der Waals surface area contributed by atoms with Crippen molar-refractivity contribution in [3.05, 3.63) is 83.9 Å². The molecule has 0 aliphatic rings. The van der Waals surface area contributed by atoms with Crippen molar-refractivity contribution in [2.24, 2.45) is 0 Å². The second-order valence-corrected chi connectivity index (χ2v) is 4.93. The molecule has 0 fully saturated rings. The second kappa shape index (κ2) is 6.33.